The highest BCUT2D eigenvalue weighted by atomic mass is 35.5. The second kappa shape index (κ2) is 4.70. The van der Waals surface area contributed by atoms with Crippen molar-refractivity contribution in [3.63, 3.8) is 0 Å². The lowest BCUT2D eigenvalue weighted by Crippen LogP contribution is -1.98. The minimum atomic E-state index is -0.998. The number of anilines is 1. The van der Waals surface area contributed by atoms with E-state index in [1.807, 2.05) is 19.1 Å². The van der Waals surface area contributed by atoms with Crippen LogP contribution in [0.3, 0.4) is 0 Å². The topological polar surface area (TPSA) is 63.3 Å². The van der Waals surface area contributed by atoms with Crippen LogP contribution in [0.5, 0.6) is 0 Å². The molecule has 0 heterocycles. The summed E-state index contributed by atoms with van der Waals surface area (Å²) in [6.45, 7) is 1.93. The third-order valence-corrected chi connectivity index (χ3v) is 2.80. The molecule has 0 aliphatic heterocycles. The van der Waals surface area contributed by atoms with Crippen LogP contribution in [0.2, 0.25) is 5.02 Å². The van der Waals surface area contributed by atoms with E-state index in [4.69, 9.17) is 22.4 Å². The zero-order chi connectivity index (χ0) is 13.3. The molecule has 2 rings (SSSR count). The van der Waals surface area contributed by atoms with Crippen molar-refractivity contribution in [2.24, 2.45) is 0 Å². The van der Waals surface area contributed by atoms with Gasteiger partial charge in [-0.25, -0.2) is 4.79 Å². The van der Waals surface area contributed by atoms with Crippen molar-refractivity contribution in [1.29, 1.82) is 0 Å². The van der Waals surface area contributed by atoms with Gasteiger partial charge >= 0.3 is 5.97 Å². The number of hydrogen-bond acceptors (Lipinski definition) is 2. The van der Waals surface area contributed by atoms with Gasteiger partial charge in [-0.3, -0.25) is 0 Å². The van der Waals surface area contributed by atoms with Crippen molar-refractivity contribution in [1.82, 2.24) is 0 Å². The molecule has 0 spiro atoms. The average Bonchev–Trinajstić information content (AvgIpc) is 2.26. The molecule has 3 N–H and O–H groups in total. The van der Waals surface area contributed by atoms with Gasteiger partial charge in [0.25, 0.3) is 0 Å². The van der Waals surface area contributed by atoms with Gasteiger partial charge in [0.15, 0.2) is 0 Å². The second-order valence-electron chi connectivity index (χ2n) is 4.17. The fourth-order valence-electron chi connectivity index (χ4n) is 1.84. The number of nitrogen functional groups attached to an aromatic ring is 1. The molecule has 0 bridgehead atoms. The highest BCUT2D eigenvalue weighted by molar-refractivity contribution is 6.31. The van der Waals surface area contributed by atoms with Gasteiger partial charge in [0.05, 0.1) is 5.56 Å². The molecule has 0 radical (unpaired) electrons. The molecule has 0 aromatic heterocycles. The molecule has 18 heavy (non-hydrogen) atoms. The molecule has 0 aliphatic rings. The zero-order valence-electron chi connectivity index (χ0n) is 9.77. The maximum Gasteiger partial charge on any atom is 0.335 e. The SMILES string of the molecule is Cc1cc(Cl)cc(-c2cc(N)cc(C(=O)O)c2)c1. The van der Waals surface area contributed by atoms with Gasteiger partial charge in [-0.2, -0.15) is 0 Å². The van der Waals surface area contributed by atoms with E-state index in [2.05, 4.69) is 0 Å². The smallest absolute Gasteiger partial charge is 0.335 e. The van der Waals surface area contributed by atoms with Crippen molar-refractivity contribution >= 4 is 23.3 Å². The predicted octanol–water partition coefficient (Wildman–Crippen LogP) is 3.60. The quantitative estimate of drug-likeness (QED) is 0.812. The number of rotatable bonds is 2. The number of carboxylic acids is 1. The van der Waals surface area contributed by atoms with E-state index in [9.17, 15) is 4.79 Å². The van der Waals surface area contributed by atoms with E-state index in [1.54, 1.807) is 18.2 Å². The maximum atomic E-state index is 11.0. The molecular weight excluding hydrogens is 250 g/mol. The fourth-order valence-corrected chi connectivity index (χ4v) is 2.13. The van der Waals surface area contributed by atoms with Crippen LogP contribution in [0.15, 0.2) is 36.4 Å². The molecule has 92 valence electrons. The summed E-state index contributed by atoms with van der Waals surface area (Å²) in [5, 5.41) is 9.62. The third-order valence-electron chi connectivity index (χ3n) is 2.58. The van der Waals surface area contributed by atoms with Crippen LogP contribution in [-0.2, 0) is 0 Å². The lowest BCUT2D eigenvalue weighted by Gasteiger charge is -2.07. The van der Waals surface area contributed by atoms with E-state index in [1.165, 1.54) is 6.07 Å². The summed E-state index contributed by atoms with van der Waals surface area (Å²) in [4.78, 5) is 11.0. The van der Waals surface area contributed by atoms with Crippen LogP contribution < -0.4 is 5.73 Å². The maximum absolute atomic E-state index is 11.0. The summed E-state index contributed by atoms with van der Waals surface area (Å²) in [5.41, 5.74) is 8.92. The van der Waals surface area contributed by atoms with Crippen molar-refractivity contribution in [2.75, 3.05) is 5.73 Å². The Morgan fingerprint density at radius 2 is 1.78 bits per heavy atom. The van der Waals surface area contributed by atoms with Crippen molar-refractivity contribution in [2.45, 2.75) is 6.92 Å². The zero-order valence-corrected chi connectivity index (χ0v) is 10.5. The number of aromatic carboxylic acids is 1. The summed E-state index contributed by atoms with van der Waals surface area (Å²) < 4.78 is 0. The molecule has 0 atom stereocenters. The molecule has 0 fully saturated rings. The largest absolute Gasteiger partial charge is 0.478 e. The summed E-state index contributed by atoms with van der Waals surface area (Å²) in [6.07, 6.45) is 0. The Bertz CT molecular complexity index is 603. The number of carbonyl (C=O) groups is 1. The highest BCUT2D eigenvalue weighted by Crippen LogP contribution is 2.27. The Morgan fingerprint density at radius 3 is 2.39 bits per heavy atom. The van der Waals surface area contributed by atoms with Crippen LogP contribution in [0.4, 0.5) is 5.69 Å². The minimum absolute atomic E-state index is 0.169. The molecular formula is C14H12ClNO2. The average molecular weight is 262 g/mol. The fraction of sp³-hybridized carbons (Fsp3) is 0.0714. The van der Waals surface area contributed by atoms with E-state index < -0.39 is 5.97 Å². The van der Waals surface area contributed by atoms with E-state index in [-0.39, 0.29) is 5.56 Å². The van der Waals surface area contributed by atoms with E-state index in [0.717, 1.165) is 16.7 Å². The normalized spacial score (nSPS) is 10.3. The Hall–Kier alpha value is -2.00. The first kappa shape index (κ1) is 12.5. The lowest BCUT2D eigenvalue weighted by atomic mass is 10.0. The van der Waals surface area contributed by atoms with Gasteiger partial charge in [-0.05, 0) is 53.9 Å². The van der Waals surface area contributed by atoms with Crippen LogP contribution in [0, 0.1) is 6.92 Å². The first-order valence-electron chi connectivity index (χ1n) is 5.37. The van der Waals surface area contributed by atoms with Crippen molar-refractivity contribution in [3.05, 3.63) is 52.5 Å². The number of halogens is 1. The standard InChI is InChI=1S/C14H12ClNO2/c1-8-2-9(5-12(15)3-8)10-4-11(14(17)18)7-13(16)6-10/h2-7H,16H2,1H3,(H,17,18). The molecule has 0 amide bonds. The van der Waals surface area contributed by atoms with Crippen LogP contribution in [0.1, 0.15) is 15.9 Å². The number of benzene rings is 2. The number of aryl methyl sites for hydroxylation is 1. The van der Waals surface area contributed by atoms with E-state index in [0.29, 0.717) is 10.7 Å². The molecule has 4 heteroatoms. The van der Waals surface area contributed by atoms with Gasteiger partial charge in [-0.1, -0.05) is 17.7 Å². The Kier molecular flexibility index (Phi) is 3.26. The first-order valence-corrected chi connectivity index (χ1v) is 5.75. The molecule has 0 unspecified atom stereocenters. The summed E-state index contributed by atoms with van der Waals surface area (Å²) in [6, 6.07) is 10.3. The molecule has 3 nitrogen and oxygen atoms in total. The Labute approximate surface area is 110 Å². The predicted molar refractivity (Wildman–Crippen MR) is 73.0 cm³/mol. The lowest BCUT2D eigenvalue weighted by molar-refractivity contribution is 0.0697. The van der Waals surface area contributed by atoms with E-state index >= 15 is 0 Å². The van der Waals surface area contributed by atoms with Gasteiger partial charge in [-0.15, -0.1) is 0 Å². The molecule has 0 saturated carbocycles. The molecule has 2 aromatic rings. The van der Waals surface area contributed by atoms with Crippen molar-refractivity contribution in [3.8, 4) is 11.1 Å². The highest BCUT2D eigenvalue weighted by Gasteiger charge is 2.08. The second-order valence-corrected chi connectivity index (χ2v) is 4.60. The summed E-state index contributed by atoms with van der Waals surface area (Å²) >= 11 is 5.99. The van der Waals surface area contributed by atoms with Gasteiger partial charge in [0, 0.05) is 10.7 Å². The monoisotopic (exact) mass is 261 g/mol. The van der Waals surface area contributed by atoms with Crippen LogP contribution >= 0.6 is 11.6 Å². The molecule has 0 saturated heterocycles. The molecule has 0 aliphatic carbocycles. The number of hydrogen-bond donors (Lipinski definition) is 2. The molecule has 2 aromatic carbocycles. The number of nitrogens with two attached hydrogens (primary N) is 1. The van der Waals surface area contributed by atoms with Crippen LogP contribution in [-0.4, -0.2) is 11.1 Å². The third kappa shape index (κ3) is 2.63. The Morgan fingerprint density at radius 1 is 1.11 bits per heavy atom. The minimum Gasteiger partial charge on any atom is -0.478 e. The van der Waals surface area contributed by atoms with Gasteiger partial charge < -0.3 is 10.8 Å². The first-order chi connectivity index (χ1) is 8.45. The van der Waals surface area contributed by atoms with Crippen LogP contribution in [0.25, 0.3) is 11.1 Å². The van der Waals surface area contributed by atoms with Crippen molar-refractivity contribution < 1.29 is 9.90 Å². The number of carboxylic acid groups (broad SMARTS) is 1. The summed E-state index contributed by atoms with van der Waals surface area (Å²) in [5.74, 6) is -0.998. The summed E-state index contributed by atoms with van der Waals surface area (Å²) in [7, 11) is 0. The van der Waals surface area contributed by atoms with Gasteiger partial charge in [0.2, 0.25) is 0 Å². The van der Waals surface area contributed by atoms with Gasteiger partial charge in [0.1, 0.15) is 0 Å². The Balaban J connectivity index is 2.59.